The van der Waals surface area contributed by atoms with Crippen LogP contribution in [0.2, 0.25) is 0 Å². The second-order valence-corrected chi connectivity index (χ2v) is 4.12. The van der Waals surface area contributed by atoms with Crippen molar-refractivity contribution < 1.29 is 13.2 Å². The first-order chi connectivity index (χ1) is 7.84. The molecule has 1 N–H and O–H groups in total. The van der Waals surface area contributed by atoms with E-state index in [9.17, 15) is 13.2 Å². The highest BCUT2D eigenvalue weighted by molar-refractivity contribution is 5.61. The largest absolute Gasteiger partial charge is 0.407 e. The number of alkyl halides is 3. The molecule has 0 atom stereocenters. The van der Waals surface area contributed by atoms with Crippen molar-refractivity contribution in [2.45, 2.75) is 20.0 Å². The molecule has 0 aliphatic carbocycles. The summed E-state index contributed by atoms with van der Waals surface area (Å²) in [7, 11) is 0. The van der Waals surface area contributed by atoms with E-state index in [4.69, 9.17) is 6.57 Å². The molecular formula is C12H13F3N2. The summed E-state index contributed by atoms with van der Waals surface area (Å²) in [5.74, 6) is 0.338. The predicted molar refractivity (Wildman–Crippen MR) is 61.0 cm³/mol. The van der Waals surface area contributed by atoms with Gasteiger partial charge in [0.25, 0.3) is 0 Å². The Labute approximate surface area is 98.3 Å². The maximum Gasteiger partial charge on any atom is 0.407 e. The Morgan fingerprint density at radius 2 is 2.00 bits per heavy atom. The van der Waals surface area contributed by atoms with E-state index < -0.39 is 11.7 Å². The monoisotopic (exact) mass is 242 g/mol. The molecule has 1 aromatic rings. The van der Waals surface area contributed by atoms with Crippen LogP contribution in [0, 0.1) is 12.5 Å². The zero-order valence-corrected chi connectivity index (χ0v) is 9.60. The van der Waals surface area contributed by atoms with Crippen LogP contribution in [0.4, 0.5) is 24.5 Å². The third-order valence-electron chi connectivity index (χ3n) is 2.14. The highest BCUT2D eigenvalue weighted by Crippen LogP contribution is 2.37. The van der Waals surface area contributed by atoms with Crippen LogP contribution in [-0.2, 0) is 6.18 Å². The minimum Gasteiger partial charge on any atom is -0.385 e. The molecule has 0 saturated heterocycles. The van der Waals surface area contributed by atoms with Gasteiger partial charge in [-0.3, -0.25) is 0 Å². The molecule has 1 aromatic carbocycles. The zero-order valence-electron chi connectivity index (χ0n) is 9.60. The molecule has 1 rings (SSSR count). The van der Waals surface area contributed by atoms with Crippen molar-refractivity contribution in [1.82, 2.24) is 0 Å². The van der Waals surface area contributed by atoms with Gasteiger partial charge in [0, 0.05) is 12.2 Å². The van der Waals surface area contributed by atoms with Gasteiger partial charge in [0.05, 0.1) is 12.1 Å². The van der Waals surface area contributed by atoms with Crippen molar-refractivity contribution in [3.8, 4) is 0 Å². The summed E-state index contributed by atoms with van der Waals surface area (Å²) in [6.07, 6.45) is -4.49. The van der Waals surface area contributed by atoms with Gasteiger partial charge in [0.1, 0.15) is 0 Å². The normalized spacial score (nSPS) is 11.4. The van der Waals surface area contributed by atoms with Crippen molar-refractivity contribution in [2.75, 3.05) is 11.9 Å². The van der Waals surface area contributed by atoms with Crippen molar-refractivity contribution in [1.29, 1.82) is 0 Å². The van der Waals surface area contributed by atoms with E-state index in [0.717, 1.165) is 6.07 Å². The lowest BCUT2D eigenvalue weighted by Crippen LogP contribution is -2.10. The molecule has 0 saturated carbocycles. The SMILES string of the molecule is [C-]#[N+]c1ccc(NCC(C)C)cc1C(F)(F)F. The van der Waals surface area contributed by atoms with Crippen LogP contribution >= 0.6 is 0 Å². The van der Waals surface area contributed by atoms with Crippen LogP contribution in [-0.4, -0.2) is 6.54 Å². The number of hydrogen-bond acceptors (Lipinski definition) is 1. The molecule has 0 aliphatic heterocycles. The molecule has 0 radical (unpaired) electrons. The van der Waals surface area contributed by atoms with Crippen LogP contribution in [0.15, 0.2) is 18.2 Å². The summed E-state index contributed by atoms with van der Waals surface area (Å²) in [6.45, 7) is 11.2. The predicted octanol–water partition coefficient (Wildman–Crippen LogP) is 4.32. The average Bonchev–Trinajstić information content (AvgIpc) is 2.24. The third-order valence-corrected chi connectivity index (χ3v) is 2.14. The lowest BCUT2D eigenvalue weighted by atomic mass is 10.1. The Kier molecular flexibility index (Phi) is 4.00. The van der Waals surface area contributed by atoms with E-state index in [-0.39, 0.29) is 5.69 Å². The van der Waals surface area contributed by atoms with Crippen molar-refractivity contribution in [2.24, 2.45) is 5.92 Å². The minimum atomic E-state index is -4.49. The summed E-state index contributed by atoms with van der Waals surface area (Å²) >= 11 is 0. The number of halogens is 3. The number of hydrogen-bond donors (Lipinski definition) is 1. The van der Waals surface area contributed by atoms with Gasteiger partial charge in [-0.05, 0) is 18.1 Å². The fraction of sp³-hybridized carbons (Fsp3) is 0.417. The summed E-state index contributed by atoms with van der Waals surface area (Å²) < 4.78 is 37.9. The van der Waals surface area contributed by atoms with E-state index >= 15 is 0 Å². The van der Waals surface area contributed by atoms with E-state index in [1.807, 2.05) is 13.8 Å². The number of anilines is 1. The fourth-order valence-corrected chi connectivity index (χ4v) is 1.29. The van der Waals surface area contributed by atoms with Gasteiger partial charge in [0.2, 0.25) is 0 Å². The quantitative estimate of drug-likeness (QED) is 0.780. The molecule has 0 heterocycles. The van der Waals surface area contributed by atoms with Crippen LogP contribution < -0.4 is 5.32 Å². The second-order valence-electron chi connectivity index (χ2n) is 4.12. The lowest BCUT2D eigenvalue weighted by molar-refractivity contribution is -0.136. The molecule has 0 bridgehead atoms. The van der Waals surface area contributed by atoms with Gasteiger partial charge in [-0.15, -0.1) is 0 Å². The first kappa shape index (κ1) is 13.4. The first-order valence-corrected chi connectivity index (χ1v) is 5.17. The van der Waals surface area contributed by atoms with Crippen molar-refractivity contribution >= 4 is 11.4 Å². The van der Waals surface area contributed by atoms with E-state index in [1.54, 1.807) is 0 Å². The van der Waals surface area contributed by atoms with Crippen LogP contribution in [0.1, 0.15) is 19.4 Å². The Morgan fingerprint density at radius 3 is 2.47 bits per heavy atom. The highest BCUT2D eigenvalue weighted by atomic mass is 19.4. The topological polar surface area (TPSA) is 16.4 Å². The Bertz CT molecular complexity index is 430. The number of nitrogens with zero attached hydrogens (tertiary/aromatic N) is 1. The van der Waals surface area contributed by atoms with E-state index in [0.29, 0.717) is 18.2 Å². The number of benzene rings is 1. The molecule has 5 heteroatoms. The van der Waals surface area contributed by atoms with Gasteiger partial charge >= 0.3 is 6.18 Å². The molecule has 17 heavy (non-hydrogen) atoms. The maximum absolute atomic E-state index is 12.6. The highest BCUT2D eigenvalue weighted by Gasteiger charge is 2.33. The van der Waals surface area contributed by atoms with E-state index in [2.05, 4.69) is 10.2 Å². The lowest BCUT2D eigenvalue weighted by Gasteiger charge is -2.13. The van der Waals surface area contributed by atoms with Gasteiger partial charge < -0.3 is 5.32 Å². The minimum absolute atomic E-state index is 0.338. The summed E-state index contributed by atoms with van der Waals surface area (Å²) in [4.78, 5) is 2.88. The van der Waals surface area contributed by atoms with Gasteiger partial charge in [-0.1, -0.05) is 19.9 Å². The zero-order chi connectivity index (χ0) is 13.1. The van der Waals surface area contributed by atoms with E-state index in [1.165, 1.54) is 12.1 Å². The second kappa shape index (κ2) is 5.09. The summed E-state index contributed by atoms with van der Waals surface area (Å²) in [6, 6.07) is 3.67. The summed E-state index contributed by atoms with van der Waals surface area (Å²) in [5.41, 5.74) is -0.868. The first-order valence-electron chi connectivity index (χ1n) is 5.17. The smallest absolute Gasteiger partial charge is 0.385 e. The molecule has 0 spiro atoms. The van der Waals surface area contributed by atoms with Crippen molar-refractivity contribution in [3.05, 3.63) is 35.2 Å². The molecule has 0 amide bonds. The molecule has 2 nitrogen and oxygen atoms in total. The van der Waals surface area contributed by atoms with Gasteiger partial charge in [-0.2, -0.15) is 13.2 Å². The number of nitrogens with one attached hydrogen (secondary N) is 1. The molecular weight excluding hydrogens is 229 g/mol. The summed E-state index contributed by atoms with van der Waals surface area (Å²) in [5, 5.41) is 2.90. The molecule has 0 aromatic heterocycles. The molecule has 0 fully saturated rings. The maximum atomic E-state index is 12.6. The molecule has 0 unspecified atom stereocenters. The standard InChI is InChI=1S/C12H13F3N2/c1-8(2)7-17-9-4-5-11(16-3)10(6-9)12(13,14)15/h4-6,8,17H,7H2,1-2H3. The molecule has 92 valence electrons. The fourth-order valence-electron chi connectivity index (χ4n) is 1.29. The van der Waals surface area contributed by atoms with Gasteiger partial charge in [0.15, 0.2) is 5.69 Å². The Morgan fingerprint density at radius 1 is 1.35 bits per heavy atom. The van der Waals surface area contributed by atoms with Gasteiger partial charge in [-0.25, -0.2) is 4.85 Å². The molecule has 0 aliphatic rings. The number of rotatable bonds is 3. The Hall–Kier alpha value is -1.70. The average molecular weight is 242 g/mol. The van der Waals surface area contributed by atoms with Crippen molar-refractivity contribution in [3.63, 3.8) is 0 Å². The third kappa shape index (κ3) is 3.66. The van der Waals surface area contributed by atoms with Crippen LogP contribution in [0.5, 0.6) is 0 Å². The van der Waals surface area contributed by atoms with Crippen LogP contribution in [0.25, 0.3) is 4.85 Å². The van der Waals surface area contributed by atoms with Crippen LogP contribution in [0.3, 0.4) is 0 Å². The Balaban J connectivity index is 3.02.